The summed E-state index contributed by atoms with van der Waals surface area (Å²) in [5.74, 6) is -0.870. The molecule has 1 heterocycles. The highest BCUT2D eigenvalue weighted by Gasteiger charge is 2.15. The standard InChI is InChI=1S/C18H14BrN3O5/c1-10(17(24)25)27-15-7-6-12(19)8-11(15)9-20-22-16(23)13-4-2-3-5-14(13)21-18(22)26/h2-10H,1H3,(H,21,26)(H,24,25). The Morgan fingerprint density at radius 2 is 2.04 bits per heavy atom. The Kier molecular flexibility index (Phi) is 5.22. The Labute approximate surface area is 160 Å². The Morgan fingerprint density at radius 3 is 2.78 bits per heavy atom. The van der Waals surface area contributed by atoms with Crippen LogP contribution in [0.3, 0.4) is 0 Å². The smallest absolute Gasteiger partial charge is 0.349 e. The van der Waals surface area contributed by atoms with E-state index < -0.39 is 23.3 Å². The van der Waals surface area contributed by atoms with E-state index in [-0.39, 0.29) is 5.75 Å². The van der Waals surface area contributed by atoms with Gasteiger partial charge in [-0.05, 0) is 37.3 Å². The third kappa shape index (κ3) is 3.98. The third-order valence-corrected chi connectivity index (χ3v) is 4.21. The number of carboxylic acids is 1. The molecule has 0 amide bonds. The summed E-state index contributed by atoms with van der Waals surface area (Å²) < 4.78 is 6.79. The molecule has 8 nitrogen and oxygen atoms in total. The summed E-state index contributed by atoms with van der Waals surface area (Å²) in [5.41, 5.74) is -0.439. The molecule has 0 aliphatic rings. The molecule has 138 valence electrons. The number of fused-ring (bicyclic) bond motifs is 1. The van der Waals surface area contributed by atoms with E-state index in [4.69, 9.17) is 9.84 Å². The molecule has 0 aliphatic carbocycles. The molecule has 1 unspecified atom stereocenters. The molecule has 0 spiro atoms. The Hall–Kier alpha value is -3.20. The number of H-pyrrole nitrogens is 1. The lowest BCUT2D eigenvalue weighted by atomic mass is 10.2. The van der Waals surface area contributed by atoms with Crippen molar-refractivity contribution in [2.45, 2.75) is 13.0 Å². The number of nitrogens with zero attached hydrogens (tertiary/aromatic N) is 2. The number of aliphatic carboxylic acids is 1. The van der Waals surface area contributed by atoms with E-state index in [1.165, 1.54) is 13.1 Å². The van der Waals surface area contributed by atoms with E-state index in [1.54, 1.807) is 42.5 Å². The van der Waals surface area contributed by atoms with Crippen molar-refractivity contribution in [1.29, 1.82) is 0 Å². The van der Waals surface area contributed by atoms with Gasteiger partial charge in [-0.1, -0.05) is 28.1 Å². The molecule has 0 saturated heterocycles. The maximum Gasteiger partial charge on any atom is 0.349 e. The molecule has 0 radical (unpaired) electrons. The van der Waals surface area contributed by atoms with Gasteiger partial charge < -0.3 is 14.8 Å². The van der Waals surface area contributed by atoms with E-state index >= 15 is 0 Å². The lowest BCUT2D eigenvalue weighted by molar-refractivity contribution is -0.144. The van der Waals surface area contributed by atoms with Gasteiger partial charge in [-0.2, -0.15) is 5.10 Å². The Morgan fingerprint density at radius 1 is 1.30 bits per heavy atom. The van der Waals surface area contributed by atoms with Crippen LogP contribution in [0, 0.1) is 0 Å². The third-order valence-electron chi connectivity index (χ3n) is 3.72. The number of ether oxygens (including phenoxy) is 1. The Balaban J connectivity index is 2.05. The molecule has 0 saturated carbocycles. The predicted octanol–water partition coefficient (Wildman–Crippen LogP) is 2.19. The molecule has 0 bridgehead atoms. The maximum absolute atomic E-state index is 12.5. The van der Waals surface area contributed by atoms with Crippen molar-refractivity contribution in [3.05, 3.63) is 73.3 Å². The van der Waals surface area contributed by atoms with Crippen molar-refractivity contribution in [3.8, 4) is 5.75 Å². The summed E-state index contributed by atoms with van der Waals surface area (Å²) in [5, 5.41) is 13.3. The number of halogens is 1. The van der Waals surface area contributed by atoms with Crippen LogP contribution in [0.2, 0.25) is 0 Å². The zero-order valence-electron chi connectivity index (χ0n) is 14.0. The second-order valence-corrected chi connectivity index (χ2v) is 6.53. The molecule has 3 aromatic rings. The summed E-state index contributed by atoms with van der Waals surface area (Å²) >= 11 is 3.31. The highest BCUT2D eigenvalue weighted by atomic mass is 79.9. The molecule has 2 aromatic carbocycles. The molecule has 1 atom stereocenters. The monoisotopic (exact) mass is 431 g/mol. The van der Waals surface area contributed by atoms with Crippen LogP contribution in [0.5, 0.6) is 5.75 Å². The number of carbonyl (C=O) groups is 1. The summed E-state index contributed by atoms with van der Waals surface area (Å²) in [4.78, 5) is 38.3. The van der Waals surface area contributed by atoms with E-state index in [0.717, 1.165) is 0 Å². The van der Waals surface area contributed by atoms with Gasteiger partial charge in [-0.15, -0.1) is 4.68 Å². The van der Waals surface area contributed by atoms with Crippen molar-refractivity contribution < 1.29 is 14.6 Å². The fourth-order valence-electron chi connectivity index (χ4n) is 2.35. The molecule has 1 aromatic heterocycles. The molecule has 2 N–H and O–H groups in total. The molecular weight excluding hydrogens is 418 g/mol. The van der Waals surface area contributed by atoms with Gasteiger partial charge in [0.2, 0.25) is 0 Å². The van der Waals surface area contributed by atoms with Gasteiger partial charge in [-0.25, -0.2) is 9.59 Å². The number of nitrogens with one attached hydrogen (secondary N) is 1. The van der Waals surface area contributed by atoms with Crippen LogP contribution in [0.25, 0.3) is 10.9 Å². The van der Waals surface area contributed by atoms with Crippen LogP contribution < -0.4 is 16.0 Å². The molecule has 3 rings (SSSR count). The summed E-state index contributed by atoms with van der Waals surface area (Å²) in [7, 11) is 0. The average Bonchev–Trinajstić information content (AvgIpc) is 2.63. The normalized spacial score (nSPS) is 12.4. The Bertz CT molecular complexity index is 1170. The number of hydrogen-bond acceptors (Lipinski definition) is 5. The quantitative estimate of drug-likeness (QED) is 0.600. The number of hydrogen-bond donors (Lipinski definition) is 2. The molecular formula is C18H14BrN3O5. The van der Waals surface area contributed by atoms with Crippen LogP contribution in [0.1, 0.15) is 12.5 Å². The van der Waals surface area contributed by atoms with Gasteiger partial charge in [0.25, 0.3) is 5.56 Å². The van der Waals surface area contributed by atoms with Crippen molar-refractivity contribution in [2.24, 2.45) is 5.10 Å². The first-order valence-corrected chi connectivity index (χ1v) is 8.63. The van der Waals surface area contributed by atoms with E-state index in [0.29, 0.717) is 25.6 Å². The van der Waals surface area contributed by atoms with E-state index in [1.807, 2.05) is 0 Å². The second kappa shape index (κ2) is 7.58. The van der Waals surface area contributed by atoms with Crippen LogP contribution >= 0.6 is 15.9 Å². The minimum absolute atomic E-state index is 0.252. The van der Waals surface area contributed by atoms with Crippen molar-refractivity contribution >= 4 is 39.0 Å². The number of aromatic nitrogens is 2. The highest BCUT2D eigenvalue weighted by Crippen LogP contribution is 2.23. The van der Waals surface area contributed by atoms with Crippen molar-refractivity contribution in [1.82, 2.24) is 9.66 Å². The average molecular weight is 432 g/mol. The minimum Gasteiger partial charge on any atom is -0.479 e. The fraction of sp³-hybridized carbons (Fsp3) is 0.111. The van der Waals surface area contributed by atoms with Crippen LogP contribution in [0.4, 0.5) is 0 Å². The number of carboxylic acid groups (broad SMARTS) is 1. The number of benzene rings is 2. The van der Waals surface area contributed by atoms with Crippen LogP contribution in [0.15, 0.2) is 61.6 Å². The van der Waals surface area contributed by atoms with Gasteiger partial charge in [0, 0.05) is 10.0 Å². The zero-order chi connectivity index (χ0) is 19.6. The number of aromatic amines is 1. The summed E-state index contributed by atoms with van der Waals surface area (Å²) in [6, 6.07) is 11.5. The maximum atomic E-state index is 12.5. The van der Waals surface area contributed by atoms with Gasteiger partial charge in [0.15, 0.2) is 6.10 Å². The fourth-order valence-corrected chi connectivity index (χ4v) is 2.73. The first kappa shape index (κ1) is 18.6. The summed E-state index contributed by atoms with van der Waals surface area (Å²) in [6.07, 6.45) is 0.185. The SMILES string of the molecule is CC(Oc1ccc(Br)cc1C=Nn1c(=O)[nH]c2ccccc2c1=O)C(=O)O. The van der Waals surface area contributed by atoms with Gasteiger partial charge in [0.1, 0.15) is 5.75 Å². The first-order chi connectivity index (χ1) is 12.9. The first-order valence-electron chi connectivity index (χ1n) is 7.84. The van der Waals surface area contributed by atoms with E-state index in [2.05, 4.69) is 26.0 Å². The molecule has 27 heavy (non-hydrogen) atoms. The number of rotatable bonds is 5. The van der Waals surface area contributed by atoms with Crippen molar-refractivity contribution in [3.63, 3.8) is 0 Å². The second-order valence-electron chi connectivity index (χ2n) is 5.62. The lowest BCUT2D eigenvalue weighted by Crippen LogP contribution is -2.32. The molecule has 0 fully saturated rings. The predicted molar refractivity (Wildman–Crippen MR) is 104 cm³/mol. The van der Waals surface area contributed by atoms with Crippen molar-refractivity contribution in [2.75, 3.05) is 0 Å². The zero-order valence-corrected chi connectivity index (χ0v) is 15.6. The summed E-state index contributed by atoms with van der Waals surface area (Å²) in [6.45, 7) is 1.39. The van der Waals surface area contributed by atoms with Gasteiger partial charge >= 0.3 is 11.7 Å². The topological polar surface area (TPSA) is 114 Å². The number of para-hydroxylation sites is 1. The largest absolute Gasteiger partial charge is 0.479 e. The van der Waals surface area contributed by atoms with Gasteiger partial charge in [0.05, 0.1) is 17.1 Å². The molecule has 0 aliphatic heterocycles. The van der Waals surface area contributed by atoms with Gasteiger partial charge in [-0.3, -0.25) is 4.79 Å². The molecule has 9 heteroatoms. The highest BCUT2D eigenvalue weighted by molar-refractivity contribution is 9.10. The minimum atomic E-state index is -1.12. The lowest BCUT2D eigenvalue weighted by Gasteiger charge is -2.12. The van der Waals surface area contributed by atoms with E-state index in [9.17, 15) is 14.4 Å². The van der Waals surface area contributed by atoms with Crippen LogP contribution in [-0.4, -0.2) is 33.1 Å². The van der Waals surface area contributed by atoms with Crippen LogP contribution in [-0.2, 0) is 4.79 Å².